The van der Waals surface area contributed by atoms with Crippen molar-refractivity contribution in [2.45, 2.75) is 13.8 Å². The lowest BCUT2D eigenvalue weighted by atomic mass is 10.0. The molecule has 5 aromatic rings. The van der Waals surface area contributed by atoms with Gasteiger partial charge in [0.05, 0.1) is 29.2 Å². The summed E-state index contributed by atoms with van der Waals surface area (Å²) in [6, 6.07) is 16.4. The Balaban J connectivity index is 1.49. The number of primary amides is 1. The lowest BCUT2D eigenvalue weighted by Gasteiger charge is -2.14. The van der Waals surface area contributed by atoms with Gasteiger partial charge in [0, 0.05) is 24.5 Å². The second-order valence-corrected chi connectivity index (χ2v) is 8.53. The Bertz CT molecular complexity index is 1660. The quantitative estimate of drug-likeness (QED) is 0.353. The molecule has 1 amide bonds. The van der Waals surface area contributed by atoms with E-state index in [2.05, 4.69) is 31.3 Å². The second-order valence-electron chi connectivity index (χ2n) is 8.53. The van der Waals surface area contributed by atoms with Crippen LogP contribution in [0.4, 0.5) is 11.6 Å². The minimum atomic E-state index is -0.520. The first-order valence-electron chi connectivity index (χ1n) is 11.3. The van der Waals surface area contributed by atoms with Crippen LogP contribution in [-0.4, -0.2) is 30.4 Å². The molecule has 182 valence electrons. The Morgan fingerprint density at radius 3 is 2.41 bits per heavy atom. The molecule has 0 bridgehead atoms. The van der Waals surface area contributed by atoms with Crippen molar-refractivity contribution in [2.24, 2.45) is 12.8 Å². The van der Waals surface area contributed by atoms with Crippen molar-refractivity contribution < 1.29 is 9.53 Å². The topological polar surface area (TPSA) is 145 Å². The molecule has 2 aromatic carbocycles. The maximum absolute atomic E-state index is 11.4. The number of anilines is 2. The molecule has 3 N–H and O–H groups in total. The second kappa shape index (κ2) is 9.39. The largest absolute Gasteiger partial charge is 0.436 e. The molecule has 0 radical (unpaired) electrons. The molecule has 0 unspecified atom stereocenters. The molecule has 10 heteroatoms. The number of hydrogen-bond acceptors (Lipinski definition) is 8. The van der Waals surface area contributed by atoms with Crippen molar-refractivity contribution >= 4 is 28.7 Å². The summed E-state index contributed by atoms with van der Waals surface area (Å²) in [5.74, 6) is 0.771. The molecule has 3 aromatic heterocycles. The Labute approximate surface area is 212 Å². The van der Waals surface area contributed by atoms with E-state index in [1.807, 2.05) is 33.0 Å². The number of ether oxygens (including phenoxy) is 1. The summed E-state index contributed by atoms with van der Waals surface area (Å²) >= 11 is 0. The lowest BCUT2D eigenvalue weighted by molar-refractivity contribution is 0.1000. The summed E-state index contributed by atoms with van der Waals surface area (Å²) in [5.41, 5.74) is 11.4. The number of nitrogens with two attached hydrogens (primary N) is 1. The molecular weight excluding hydrogens is 468 g/mol. The van der Waals surface area contributed by atoms with Gasteiger partial charge >= 0.3 is 0 Å². The molecule has 5 rings (SSSR count). The first-order chi connectivity index (χ1) is 17.8. The van der Waals surface area contributed by atoms with Gasteiger partial charge in [-0.3, -0.25) is 9.78 Å². The van der Waals surface area contributed by atoms with Crippen molar-refractivity contribution in [1.29, 1.82) is 5.26 Å². The van der Waals surface area contributed by atoms with Gasteiger partial charge in [0.15, 0.2) is 11.2 Å². The molecule has 0 atom stereocenters. The van der Waals surface area contributed by atoms with E-state index in [0.29, 0.717) is 45.6 Å². The third-order valence-electron chi connectivity index (χ3n) is 5.80. The normalized spacial score (nSPS) is 10.8. The maximum atomic E-state index is 11.4. The van der Waals surface area contributed by atoms with Gasteiger partial charge in [0.1, 0.15) is 5.75 Å². The van der Waals surface area contributed by atoms with E-state index in [1.165, 1.54) is 6.20 Å². The van der Waals surface area contributed by atoms with Crippen molar-refractivity contribution in [3.05, 3.63) is 83.3 Å². The predicted molar refractivity (Wildman–Crippen MR) is 138 cm³/mol. The molecule has 0 spiro atoms. The number of carbonyl (C=O) groups is 1. The molecule has 0 saturated carbocycles. The number of nitrogens with one attached hydrogen (secondary N) is 1. The van der Waals surface area contributed by atoms with Crippen LogP contribution in [0.15, 0.2) is 61.1 Å². The number of aryl methyl sites for hydroxylation is 3. The molecule has 0 aliphatic rings. The molecule has 10 nitrogen and oxygen atoms in total. The van der Waals surface area contributed by atoms with Crippen molar-refractivity contribution in [3.8, 4) is 29.0 Å². The van der Waals surface area contributed by atoms with Gasteiger partial charge in [0.2, 0.25) is 11.9 Å². The van der Waals surface area contributed by atoms with Crippen LogP contribution in [0, 0.1) is 25.2 Å². The predicted octanol–water partition coefficient (Wildman–Crippen LogP) is 4.55. The molecule has 0 aliphatic heterocycles. The number of rotatable bonds is 6. The van der Waals surface area contributed by atoms with E-state index in [1.54, 1.807) is 47.3 Å². The number of nitrogens with zero attached hydrogens (tertiary/aromatic N) is 6. The highest BCUT2D eigenvalue weighted by molar-refractivity contribution is 5.92. The van der Waals surface area contributed by atoms with Crippen LogP contribution >= 0.6 is 0 Å². The van der Waals surface area contributed by atoms with E-state index in [4.69, 9.17) is 15.7 Å². The van der Waals surface area contributed by atoms with Gasteiger partial charge in [-0.15, -0.1) is 0 Å². The van der Waals surface area contributed by atoms with Gasteiger partial charge in [-0.05, 0) is 73.5 Å². The molecule has 37 heavy (non-hydrogen) atoms. The van der Waals surface area contributed by atoms with Crippen LogP contribution in [0.5, 0.6) is 11.6 Å². The summed E-state index contributed by atoms with van der Waals surface area (Å²) in [6.07, 6.45) is 3.12. The van der Waals surface area contributed by atoms with Gasteiger partial charge in [-0.2, -0.15) is 15.2 Å². The molecule has 0 aliphatic carbocycles. The van der Waals surface area contributed by atoms with Crippen LogP contribution in [0.25, 0.3) is 22.4 Å². The Hall–Kier alpha value is -5.30. The van der Waals surface area contributed by atoms with Gasteiger partial charge in [-0.25, -0.2) is 4.98 Å². The monoisotopic (exact) mass is 490 g/mol. The number of pyridine rings is 1. The number of carbonyl (C=O) groups excluding carboxylic acids is 1. The number of nitriles is 1. The fourth-order valence-corrected chi connectivity index (χ4v) is 3.93. The number of hydrogen-bond donors (Lipinski definition) is 2. The Kier molecular flexibility index (Phi) is 5.95. The third kappa shape index (κ3) is 4.66. The molecule has 0 fully saturated rings. The smallest absolute Gasteiger partial charge is 0.252 e. The minimum absolute atomic E-state index is 0.310. The van der Waals surface area contributed by atoms with E-state index < -0.39 is 5.91 Å². The minimum Gasteiger partial charge on any atom is -0.436 e. The van der Waals surface area contributed by atoms with E-state index in [9.17, 15) is 4.79 Å². The highest BCUT2D eigenvalue weighted by atomic mass is 16.5. The SMILES string of the molecule is Cc1cc(-c2ccc(C(N)=O)cn2)cc(C)c1Oc1nc(Nc2ccc(C#N)cc2)nc2c1ncn2C. The molecule has 3 heterocycles. The first kappa shape index (κ1) is 23.4. The number of imidazole rings is 1. The third-order valence-corrected chi connectivity index (χ3v) is 5.80. The number of amides is 1. The van der Waals surface area contributed by atoms with Crippen molar-refractivity contribution in [3.63, 3.8) is 0 Å². The summed E-state index contributed by atoms with van der Waals surface area (Å²) in [6.45, 7) is 3.88. The first-order valence-corrected chi connectivity index (χ1v) is 11.3. The number of benzene rings is 2. The van der Waals surface area contributed by atoms with E-state index in [0.717, 1.165) is 22.4 Å². The fraction of sp³-hybridized carbons (Fsp3) is 0.111. The summed E-state index contributed by atoms with van der Waals surface area (Å²) in [5, 5.41) is 12.2. The van der Waals surface area contributed by atoms with Crippen LogP contribution in [0.3, 0.4) is 0 Å². The van der Waals surface area contributed by atoms with Gasteiger partial charge in [0.25, 0.3) is 5.88 Å². The highest BCUT2D eigenvalue weighted by Gasteiger charge is 2.17. The summed E-state index contributed by atoms with van der Waals surface area (Å²) in [7, 11) is 1.85. The zero-order valence-electron chi connectivity index (χ0n) is 20.4. The maximum Gasteiger partial charge on any atom is 0.252 e. The van der Waals surface area contributed by atoms with E-state index in [-0.39, 0.29) is 0 Å². The Morgan fingerprint density at radius 1 is 1.05 bits per heavy atom. The number of aromatic nitrogens is 5. The average Bonchev–Trinajstić information content (AvgIpc) is 3.27. The Morgan fingerprint density at radius 2 is 1.78 bits per heavy atom. The number of fused-ring (bicyclic) bond motifs is 1. The van der Waals surface area contributed by atoms with Crippen LogP contribution in [0.1, 0.15) is 27.0 Å². The van der Waals surface area contributed by atoms with Crippen LogP contribution in [0.2, 0.25) is 0 Å². The lowest BCUT2D eigenvalue weighted by Crippen LogP contribution is -2.11. The highest BCUT2D eigenvalue weighted by Crippen LogP contribution is 2.35. The van der Waals surface area contributed by atoms with Gasteiger partial charge < -0.3 is 20.4 Å². The van der Waals surface area contributed by atoms with Crippen LogP contribution < -0.4 is 15.8 Å². The van der Waals surface area contributed by atoms with Gasteiger partial charge in [-0.1, -0.05) is 0 Å². The zero-order valence-corrected chi connectivity index (χ0v) is 20.4. The zero-order chi connectivity index (χ0) is 26.1. The van der Waals surface area contributed by atoms with Crippen LogP contribution in [-0.2, 0) is 7.05 Å². The van der Waals surface area contributed by atoms with E-state index >= 15 is 0 Å². The fourth-order valence-electron chi connectivity index (χ4n) is 3.93. The molecular formula is C27H22N8O2. The summed E-state index contributed by atoms with van der Waals surface area (Å²) in [4.78, 5) is 29.3. The van der Waals surface area contributed by atoms with Crippen molar-refractivity contribution in [1.82, 2.24) is 24.5 Å². The standard InChI is InChI=1S/C27H22N8O2/c1-15-10-19(21-9-6-18(13-30-21)24(29)36)11-16(2)23(15)37-26-22-25(35(3)14-31-22)33-27(34-26)32-20-7-4-17(12-28)5-8-20/h4-11,13-14H,1-3H3,(H2,29,36)(H,32,33,34). The van der Waals surface area contributed by atoms with Crippen molar-refractivity contribution in [2.75, 3.05) is 5.32 Å². The molecule has 0 saturated heterocycles. The summed E-state index contributed by atoms with van der Waals surface area (Å²) < 4.78 is 8.12. The average molecular weight is 491 g/mol.